The number of aromatic nitrogens is 2. The molecule has 0 amide bonds. The molecule has 0 saturated heterocycles. The smallest absolute Gasteiger partial charge is 0.209 e. The largest absolute Gasteiger partial charge is 0.329 e. The van der Waals surface area contributed by atoms with E-state index in [1.807, 2.05) is 36.4 Å². The van der Waals surface area contributed by atoms with E-state index >= 15 is 0 Å². The van der Waals surface area contributed by atoms with Crippen molar-refractivity contribution in [2.45, 2.75) is 44.6 Å². The average Bonchev–Trinajstić information content (AvgIpc) is 3.21. The Morgan fingerprint density at radius 2 is 1.61 bits per heavy atom. The fourth-order valence-electron chi connectivity index (χ4n) is 5.36. The fourth-order valence-corrected chi connectivity index (χ4v) is 5.36. The summed E-state index contributed by atoms with van der Waals surface area (Å²) in [5.41, 5.74) is 7.55. The quantitative estimate of drug-likeness (QED) is 0.397. The van der Waals surface area contributed by atoms with E-state index in [4.69, 9.17) is 4.98 Å². The van der Waals surface area contributed by atoms with Crippen LogP contribution >= 0.6 is 0 Å². The Kier molecular flexibility index (Phi) is 4.68. The summed E-state index contributed by atoms with van der Waals surface area (Å²) in [6.45, 7) is 4.41. The van der Waals surface area contributed by atoms with E-state index in [-0.39, 0.29) is 17.7 Å². The number of hydrogen-bond donors (Lipinski definition) is 1. The molecule has 0 spiro atoms. The second-order valence-corrected chi connectivity index (χ2v) is 9.47. The van der Waals surface area contributed by atoms with Crippen molar-refractivity contribution >= 4 is 22.8 Å². The van der Waals surface area contributed by atoms with Gasteiger partial charge < -0.3 is 5.32 Å². The summed E-state index contributed by atoms with van der Waals surface area (Å²) in [6, 6.07) is 27.1. The van der Waals surface area contributed by atoms with E-state index in [1.54, 1.807) is 0 Å². The number of imidazole rings is 1. The van der Waals surface area contributed by atoms with Crippen molar-refractivity contribution in [1.82, 2.24) is 9.55 Å². The number of carbonyl (C=O) groups is 1. The molecule has 2 heterocycles. The molecule has 6 rings (SSSR count). The second-order valence-electron chi connectivity index (χ2n) is 9.47. The van der Waals surface area contributed by atoms with Crippen molar-refractivity contribution in [3.63, 3.8) is 0 Å². The Labute approximate surface area is 194 Å². The zero-order valence-electron chi connectivity index (χ0n) is 19.0. The predicted octanol–water partition coefficient (Wildman–Crippen LogP) is 6.58. The lowest BCUT2D eigenvalue weighted by Gasteiger charge is -2.36. The Morgan fingerprint density at radius 1 is 0.879 bits per heavy atom. The van der Waals surface area contributed by atoms with Crippen LogP contribution < -0.4 is 5.32 Å². The van der Waals surface area contributed by atoms with Crippen LogP contribution in [0.15, 0.2) is 90.1 Å². The molecular weight excluding hydrogens is 406 g/mol. The lowest BCUT2D eigenvalue weighted by molar-refractivity contribution is -0.116. The van der Waals surface area contributed by atoms with Gasteiger partial charge >= 0.3 is 0 Å². The molecule has 1 aliphatic heterocycles. The maximum absolute atomic E-state index is 13.7. The normalized spacial score (nSPS) is 20.0. The zero-order valence-corrected chi connectivity index (χ0v) is 19.0. The molecule has 0 unspecified atom stereocenters. The fraction of sp³-hybridized carbons (Fsp3) is 0.241. The van der Waals surface area contributed by atoms with Crippen LogP contribution in [0.5, 0.6) is 0 Å². The van der Waals surface area contributed by atoms with Crippen molar-refractivity contribution < 1.29 is 4.79 Å². The van der Waals surface area contributed by atoms with Gasteiger partial charge in [-0.05, 0) is 47.1 Å². The average molecular weight is 434 g/mol. The van der Waals surface area contributed by atoms with Gasteiger partial charge in [0.15, 0.2) is 5.78 Å². The van der Waals surface area contributed by atoms with Gasteiger partial charge in [0.1, 0.15) is 0 Å². The Morgan fingerprint density at radius 3 is 2.36 bits per heavy atom. The van der Waals surface area contributed by atoms with Gasteiger partial charge in [-0.3, -0.25) is 9.36 Å². The highest BCUT2D eigenvalue weighted by Crippen LogP contribution is 2.46. The van der Waals surface area contributed by atoms with Gasteiger partial charge in [0, 0.05) is 17.7 Å². The molecule has 164 valence electrons. The van der Waals surface area contributed by atoms with Crippen LogP contribution in [0.25, 0.3) is 11.0 Å². The number of carbonyl (C=O) groups excluding carboxylic acids is 1. The van der Waals surface area contributed by atoms with Crippen molar-refractivity contribution in [3.05, 3.63) is 107 Å². The number of Topliss-reactive ketones (excluding diaryl/α,β-unsaturated/α-hetero) is 1. The Hall–Kier alpha value is -3.66. The summed E-state index contributed by atoms with van der Waals surface area (Å²) >= 11 is 0. The number of hydrogen-bond acceptors (Lipinski definition) is 3. The molecule has 0 saturated carbocycles. The maximum atomic E-state index is 13.7. The summed E-state index contributed by atoms with van der Waals surface area (Å²) in [4.78, 5) is 18.6. The number of nitrogens with one attached hydrogen (secondary N) is 1. The SMILES string of the molecule is CC(C)c1ccc([C@H]2CC(=O)C3=C(C2)Nc2nc4ccccc4n2[C@@H]3c2ccccc2)cc1. The standard InChI is InChI=1S/C29H27N3O/c1-18(2)19-12-14-20(15-13-19)22-16-24-27(26(33)17-22)28(21-8-4-3-5-9-21)32-25-11-7-6-10-23(25)30-29(32)31-24/h3-15,18,22,28H,16-17H2,1-2H3,(H,30,31)/t22-,28-/m1/s1. The van der Waals surface area contributed by atoms with E-state index in [2.05, 4.69) is 66.2 Å². The van der Waals surface area contributed by atoms with Gasteiger partial charge in [0.05, 0.1) is 17.1 Å². The molecule has 1 aromatic heterocycles. The minimum Gasteiger partial charge on any atom is -0.329 e. The molecular formula is C29H27N3O. The Bertz CT molecular complexity index is 1380. The monoisotopic (exact) mass is 433 g/mol. The van der Waals surface area contributed by atoms with Crippen LogP contribution in [0.2, 0.25) is 0 Å². The van der Waals surface area contributed by atoms with Gasteiger partial charge in [-0.25, -0.2) is 4.98 Å². The molecule has 0 fully saturated rings. The van der Waals surface area contributed by atoms with Crippen LogP contribution in [-0.4, -0.2) is 15.3 Å². The maximum Gasteiger partial charge on any atom is 0.209 e. The van der Waals surface area contributed by atoms with E-state index in [0.29, 0.717) is 12.3 Å². The Balaban J connectivity index is 1.46. The molecule has 2 aliphatic rings. The molecule has 4 nitrogen and oxygen atoms in total. The molecule has 0 radical (unpaired) electrons. The third kappa shape index (κ3) is 3.29. The van der Waals surface area contributed by atoms with Crippen molar-refractivity contribution in [1.29, 1.82) is 0 Å². The van der Waals surface area contributed by atoms with Crippen LogP contribution in [-0.2, 0) is 4.79 Å². The van der Waals surface area contributed by atoms with Gasteiger partial charge in [-0.2, -0.15) is 0 Å². The highest BCUT2D eigenvalue weighted by molar-refractivity contribution is 6.01. The third-order valence-electron chi connectivity index (χ3n) is 7.09. The first-order valence-electron chi connectivity index (χ1n) is 11.7. The topological polar surface area (TPSA) is 46.9 Å². The molecule has 4 aromatic rings. The van der Waals surface area contributed by atoms with Crippen LogP contribution in [0.1, 0.15) is 61.3 Å². The number of nitrogens with zero attached hydrogens (tertiary/aromatic N) is 2. The summed E-state index contributed by atoms with van der Waals surface area (Å²) in [5, 5.41) is 3.56. The van der Waals surface area contributed by atoms with Gasteiger partial charge in [0.2, 0.25) is 5.95 Å². The number of anilines is 1. The first-order valence-corrected chi connectivity index (χ1v) is 11.7. The lowest BCUT2D eigenvalue weighted by Crippen LogP contribution is -2.33. The molecule has 33 heavy (non-hydrogen) atoms. The van der Waals surface area contributed by atoms with Gasteiger partial charge in [-0.1, -0.05) is 80.6 Å². The summed E-state index contributed by atoms with van der Waals surface area (Å²) in [7, 11) is 0. The van der Waals surface area contributed by atoms with Gasteiger partial charge in [0.25, 0.3) is 0 Å². The highest BCUT2D eigenvalue weighted by Gasteiger charge is 2.39. The molecule has 0 bridgehead atoms. The second kappa shape index (κ2) is 7.73. The number of rotatable bonds is 3. The molecule has 4 heteroatoms. The van der Waals surface area contributed by atoms with Crippen molar-refractivity contribution in [3.8, 4) is 0 Å². The number of allylic oxidation sites excluding steroid dienone is 2. The number of ketones is 1. The molecule has 1 N–H and O–H groups in total. The number of para-hydroxylation sites is 2. The van der Waals surface area contributed by atoms with Crippen LogP contribution in [0.3, 0.4) is 0 Å². The van der Waals surface area contributed by atoms with Crippen LogP contribution in [0, 0.1) is 0 Å². The minimum absolute atomic E-state index is 0.165. The first-order chi connectivity index (χ1) is 16.1. The first kappa shape index (κ1) is 20.0. The van der Waals surface area contributed by atoms with E-state index < -0.39 is 0 Å². The molecule has 1 aliphatic carbocycles. The lowest BCUT2D eigenvalue weighted by atomic mass is 9.77. The zero-order chi connectivity index (χ0) is 22.5. The summed E-state index contributed by atoms with van der Waals surface area (Å²) in [5.74, 6) is 1.71. The summed E-state index contributed by atoms with van der Waals surface area (Å²) < 4.78 is 2.19. The van der Waals surface area contributed by atoms with Gasteiger partial charge in [-0.15, -0.1) is 0 Å². The minimum atomic E-state index is -0.165. The molecule has 3 aromatic carbocycles. The third-order valence-corrected chi connectivity index (χ3v) is 7.09. The highest BCUT2D eigenvalue weighted by atomic mass is 16.1. The van der Waals surface area contributed by atoms with E-state index in [0.717, 1.165) is 40.2 Å². The number of fused-ring (bicyclic) bond motifs is 3. The van der Waals surface area contributed by atoms with E-state index in [1.165, 1.54) is 11.1 Å². The van der Waals surface area contributed by atoms with Crippen LogP contribution in [0.4, 0.5) is 5.95 Å². The number of benzene rings is 3. The van der Waals surface area contributed by atoms with Crippen molar-refractivity contribution in [2.24, 2.45) is 0 Å². The summed E-state index contributed by atoms with van der Waals surface area (Å²) in [6.07, 6.45) is 1.35. The van der Waals surface area contributed by atoms with Crippen molar-refractivity contribution in [2.75, 3.05) is 5.32 Å². The predicted molar refractivity (Wildman–Crippen MR) is 132 cm³/mol. The molecule has 2 atom stereocenters. The van der Waals surface area contributed by atoms with E-state index in [9.17, 15) is 4.79 Å².